The van der Waals surface area contributed by atoms with Crippen molar-refractivity contribution in [2.24, 2.45) is 0 Å². The predicted octanol–water partition coefficient (Wildman–Crippen LogP) is 2.85. The van der Waals surface area contributed by atoms with E-state index in [4.69, 9.17) is 0 Å². The first-order valence-electron chi connectivity index (χ1n) is 5.61. The second kappa shape index (κ2) is 6.49. The normalized spacial score (nSPS) is 13.9. The number of hydrogen-bond donors (Lipinski definition) is 1. The molecule has 0 radical (unpaired) electrons. The van der Waals surface area contributed by atoms with Crippen LogP contribution in [0.3, 0.4) is 0 Å². The zero-order valence-corrected chi connectivity index (χ0v) is 11.4. The van der Waals surface area contributed by atoms with E-state index >= 15 is 0 Å². The summed E-state index contributed by atoms with van der Waals surface area (Å²) < 4.78 is 40.1. The van der Waals surface area contributed by atoms with E-state index in [9.17, 15) is 13.2 Å². The van der Waals surface area contributed by atoms with Crippen molar-refractivity contribution in [1.82, 2.24) is 10.3 Å². The zero-order chi connectivity index (χ0) is 13.8. The average Bonchev–Trinajstić information content (AvgIpc) is 2.64. The van der Waals surface area contributed by atoms with E-state index in [2.05, 4.69) is 15.0 Å². The van der Waals surface area contributed by atoms with Gasteiger partial charge in [-0.15, -0.1) is 11.3 Å². The number of nitrogens with zero attached hydrogens (tertiary/aromatic N) is 1. The fraction of sp³-hybridized carbons (Fsp3) is 0.727. The van der Waals surface area contributed by atoms with E-state index in [1.54, 1.807) is 0 Å². The molecule has 1 rings (SSSR count). The van der Waals surface area contributed by atoms with Gasteiger partial charge in [0.05, 0.1) is 17.3 Å². The SMILES string of the molecule is CNC(C)c1sc(CCOCC(F)(F)F)nc1C. The van der Waals surface area contributed by atoms with Crippen LogP contribution in [0.1, 0.15) is 28.5 Å². The second-order valence-corrected chi connectivity index (χ2v) is 5.10. The maximum Gasteiger partial charge on any atom is 0.411 e. The van der Waals surface area contributed by atoms with Crippen molar-refractivity contribution in [1.29, 1.82) is 0 Å². The Balaban J connectivity index is 2.44. The zero-order valence-electron chi connectivity index (χ0n) is 10.6. The smallest absolute Gasteiger partial charge is 0.372 e. The number of aryl methyl sites for hydroxylation is 1. The summed E-state index contributed by atoms with van der Waals surface area (Å²) >= 11 is 1.52. The van der Waals surface area contributed by atoms with Crippen molar-refractivity contribution in [3.63, 3.8) is 0 Å². The van der Waals surface area contributed by atoms with Crippen LogP contribution in [0, 0.1) is 6.92 Å². The predicted molar refractivity (Wildman–Crippen MR) is 64.9 cm³/mol. The molecule has 18 heavy (non-hydrogen) atoms. The lowest BCUT2D eigenvalue weighted by Gasteiger charge is -2.07. The van der Waals surface area contributed by atoms with Crippen molar-refractivity contribution < 1.29 is 17.9 Å². The molecule has 0 aliphatic rings. The minimum atomic E-state index is -4.26. The van der Waals surface area contributed by atoms with Crippen LogP contribution in [0.4, 0.5) is 13.2 Å². The largest absolute Gasteiger partial charge is 0.411 e. The number of ether oxygens (including phenoxy) is 1. The van der Waals surface area contributed by atoms with Gasteiger partial charge in [-0.05, 0) is 20.9 Å². The number of rotatable bonds is 6. The Morgan fingerprint density at radius 3 is 2.67 bits per heavy atom. The summed E-state index contributed by atoms with van der Waals surface area (Å²) in [6.45, 7) is 2.77. The molecule has 0 aromatic carbocycles. The van der Waals surface area contributed by atoms with Crippen LogP contribution in [-0.4, -0.2) is 31.4 Å². The molecule has 1 unspecified atom stereocenters. The van der Waals surface area contributed by atoms with Crippen LogP contribution in [0.2, 0.25) is 0 Å². The van der Waals surface area contributed by atoms with Crippen molar-refractivity contribution in [3.8, 4) is 0 Å². The van der Waals surface area contributed by atoms with Crippen molar-refractivity contribution in [2.45, 2.75) is 32.5 Å². The Morgan fingerprint density at radius 1 is 1.44 bits per heavy atom. The molecule has 3 nitrogen and oxygen atoms in total. The first kappa shape index (κ1) is 15.4. The van der Waals surface area contributed by atoms with Crippen LogP contribution in [0.25, 0.3) is 0 Å². The third kappa shape index (κ3) is 4.91. The third-order valence-corrected chi connectivity index (χ3v) is 3.83. The average molecular weight is 282 g/mol. The summed E-state index contributed by atoms with van der Waals surface area (Å²) in [7, 11) is 1.86. The number of halogens is 3. The number of aromatic nitrogens is 1. The van der Waals surface area contributed by atoms with E-state index in [0.29, 0.717) is 6.42 Å². The molecule has 0 fully saturated rings. The van der Waals surface area contributed by atoms with Gasteiger partial charge in [0.1, 0.15) is 6.61 Å². The molecule has 1 N–H and O–H groups in total. The molecule has 1 aromatic heterocycles. The summed E-state index contributed by atoms with van der Waals surface area (Å²) in [6, 6.07) is 0.201. The Hall–Kier alpha value is -0.660. The first-order chi connectivity index (χ1) is 8.33. The number of thiazole rings is 1. The monoisotopic (exact) mass is 282 g/mol. The Bertz CT molecular complexity index is 379. The minimum Gasteiger partial charge on any atom is -0.372 e. The highest BCUT2D eigenvalue weighted by Crippen LogP contribution is 2.25. The van der Waals surface area contributed by atoms with E-state index in [0.717, 1.165) is 15.6 Å². The van der Waals surface area contributed by atoms with Gasteiger partial charge in [-0.2, -0.15) is 13.2 Å². The molecule has 1 heterocycles. The third-order valence-electron chi connectivity index (χ3n) is 2.43. The lowest BCUT2D eigenvalue weighted by atomic mass is 10.2. The van der Waals surface area contributed by atoms with Gasteiger partial charge in [-0.25, -0.2) is 4.98 Å². The standard InChI is InChI=1S/C11H17F3N2OS/c1-7(15-3)10-8(2)16-9(18-10)4-5-17-6-11(12,13)14/h7,15H,4-6H2,1-3H3. The highest BCUT2D eigenvalue weighted by molar-refractivity contribution is 7.11. The Morgan fingerprint density at radius 2 is 2.11 bits per heavy atom. The minimum absolute atomic E-state index is 0.0415. The lowest BCUT2D eigenvalue weighted by molar-refractivity contribution is -0.173. The summed E-state index contributed by atoms with van der Waals surface area (Å²) in [6.07, 6.45) is -3.84. The highest BCUT2D eigenvalue weighted by atomic mass is 32.1. The van der Waals surface area contributed by atoms with Gasteiger partial charge in [-0.1, -0.05) is 0 Å². The van der Waals surface area contributed by atoms with Gasteiger partial charge < -0.3 is 10.1 Å². The molecule has 104 valence electrons. The summed E-state index contributed by atoms with van der Waals surface area (Å²) in [5.41, 5.74) is 0.924. The molecule has 7 heteroatoms. The Labute approximate surface area is 108 Å². The van der Waals surface area contributed by atoms with Crippen LogP contribution in [0.15, 0.2) is 0 Å². The van der Waals surface area contributed by atoms with E-state index in [1.165, 1.54) is 11.3 Å². The van der Waals surface area contributed by atoms with Gasteiger partial charge in [0, 0.05) is 17.3 Å². The molecule has 0 bridgehead atoms. The quantitative estimate of drug-likeness (QED) is 0.815. The molecule has 0 aliphatic heterocycles. The number of nitrogens with one attached hydrogen (secondary N) is 1. The van der Waals surface area contributed by atoms with Crippen LogP contribution >= 0.6 is 11.3 Å². The van der Waals surface area contributed by atoms with E-state index in [-0.39, 0.29) is 12.6 Å². The maximum absolute atomic E-state index is 11.9. The second-order valence-electron chi connectivity index (χ2n) is 3.99. The summed E-state index contributed by atoms with van der Waals surface area (Å²) in [5.74, 6) is 0. The number of hydrogen-bond acceptors (Lipinski definition) is 4. The van der Waals surface area contributed by atoms with Gasteiger partial charge in [0.15, 0.2) is 0 Å². The van der Waals surface area contributed by atoms with E-state index in [1.807, 2.05) is 20.9 Å². The fourth-order valence-corrected chi connectivity index (χ4v) is 2.56. The van der Waals surface area contributed by atoms with E-state index < -0.39 is 12.8 Å². The fourth-order valence-electron chi connectivity index (χ4n) is 1.45. The van der Waals surface area contributed by atoms with Crippen molar-refractivity contribution in [3.05, 3.63) is 15.6 Å². The van der Waals surface area contributed by atoms with Crippen molar-refractivity contribution >= 4 is 11.3 Å². The van der Waals surface area contributed by atoms with Gasteiger partial charge >= 0.3 is 6.18 Å². The molecular formula is C11H17F3N2OS. The molecule has 0 amide bonds. The molecule has 0 saturated heterocycles. The summed E-state index contributed by atoms with van der Waals surface area (Å²) in [5, 5.41) is 3.92. The molecule has 1 aromatic rings. The first-order valence-corrected chi connectivity index (χ1v) is 6.43. The van der Waals surface area contributed by atoms with Gasteiger partial charge in [0.25, 0.3) is 0 Å². The van der Waals surface area contributed by atoms with Gasteiger partial charge in [-0.3, -0.25) is 0 Å². The molecule has 0 spiro atoms. The molecular weight excluding hydrogens is 265 g/mol. The topological polar surface area (TPSA) is 34.1 Å². The lowest BCUT2D eigenvalue weighted by Crippen LogP contribution is -2.17. The molecule has 0 aliphatic carbocycles. The van der Waals surface area contributed by atoms with Gasteiger partial charge in [0.2, 0.25) is 0 Å². The number of alkyl halides is 3. The Kier molecular flexibility index (Phi) is 5.55. The summed E-state index contributed by atoms with van der Waals surface area (Å²) in [4.78, 5) is 5.45. The highest BCUT2D eigenvalue weighted by Gasteiger charge is 2.27. The molecule has 1 atom stereocenters. The van der Waals surface area contributed by atoms with Crippen molar-refractivity contribution in [2.75, 3.05) is 20.3 Å². The van der Waals surface area contributed by atoms with Crippen LogP contribution in [-0.2, 0) is 11.2 Å². The maximum atomic E-state index is 11.9. The van der Waals surface area contributed by atoms with Crippen LogP contribution < -0.4 is 5.32 Å². The van der Waals surface area contributed by atoms with Crippen LogP contribution in [0.5, 0.6) is 0 Å². The molecule has 0 saturated carbocycles.